The average molecular weight is 591 g/mol. The first-order valence-corrected chi connectivity index (χ1v) is 15.7. The van der Waals surface area contributed by atoms with Gasteiger partial charge in [-0.3, -0.25) is 19.3 Å². The van der Waals surface area contributed by atoms with Gasteiger partial charge in [0.15, 0.2) is 11.5 Å². The molecule has 0 bridgehead atoms. The summed E-state index contributed by atoms with van der Waals surface area (Å²) < 4.78 is 36.1. The number of alkyl halides is 1. The van der Waals surface area contributed by atoms with E-state index in [4.69, 9.17) is 21.1 Å². The molecule has 0 aromatic heterocycles. The number of ether oxygens (including phenoxy) is 2. The second-order valence-electron chi connectivity index (χ2n) is 9.38. The lowest BCUT2D eigenvalue weighted by atomic mass is 9.98. The Kier molecular flexibility index (Phi) is 10.8. The third kappa shape index (κ3) is 7.22. The highest BCUT2D eigenvalue weighted by Crippen LogP contribution is 2.40. The number of carbonyl (C=O) groups is 3. The zero-order chi connectivity index (χ0) is 29.4. The molecule has 9 nitrogen and oxygen atoms in total. The fourth-order valence-electron chi connectivity index (χ4n) is 4.60. The van der Waals surface area contributed by atoms with Crippen molar-refractivity contribution in [1.82, 2.24) is 4.90 Å². The lowest BCUT2D eigenvalue weighted by Crippen LogP contribution is -2.38. The summed E-state index contributed by atoms with van der Waals surface area (Å²) in [7, 11) is -2.18. The Morgan fingerprint density at radius 2 is 1.80 bits per heavy atom. The second kappa shape index (κ2) is 13.8. The van der Waals surface area contributed by atoms with Crippen LogP contribution >= 0.6 is 11.6 Å². The Morgan fingerprint density at radius 1 is 1.07 bits per heavy atom. The summed E-state index contributed by atoms with van der Waals surface area (Å²) in [5, 5.41) is 2.74. The molecule has 3 amide bonds. The largest absolute Gasteiger partial charge is 0.493 e. The van der Waals surface area contributed by atoms with Gasteiger partial charge in [0, 0.05) is 18.6 Å². The van der Waals surface area contributed by atoms with E-state index in [1.807, 2.05) is 19.1 Å². The molecule has 2 aromatic rings. The summed E-state index contributed by atoms with van der Waals surface area (Å²) in [5.74, 6) is -1.06. The van der Waals surface area contributed by atoms with E-state index in [0.717, 1.165) is 17.6 Å². The number of methoxy groups -OCH3 is 1. The fraction of sp³-hybridized carbons (Fsp3) is 0.414. The van der Waals surface area contributed by atoms with Gasteiger partial charge in [0.05, 0.1) is 42.3 Å². The van der Waals surface area contributed by atoms with Crippen LogP contribution in [-0.4, -0.2) is 62.6 Å². The van der Waals surface area contributed by atoms with Crippen molar-refractivity contribution in [3.63, 3.8) is 0 Å². The number of imide groups is 1. The number of amides is 3. The molecular weight excluding hydrogens is 556 g/mol. The molecular formula is C29H35ClN2O7S. The van der Waals surface area contributed by atoms with Crippen LogP contribution in [-0.2, 0) is 21.1 Å². The van der Waals surface area contributed by atoms with Crippen LogP contribution in [0, 0.1) is 0 Å². The molecule has 0 unspecified atom stereocenters. The quantitative estimate of drug-likeness (QED) is 0.188. The minimum Gasteiger partial charge on any atom is -0.493 e. The van der Waals surface area contributed by atoms with Crippen LogP contribution in [0.2, 0.25) is 0 Å². The average Bonchev–Trinajstić information content (AvgIpc) is 3.17. The van der Waals surface area contributed by atoms with Gasteiger partial charge >= 0.3 is 0 Å². The molecule has 40 heavy (non-hydrogen) atoms. The van der Waals surface area contributed by atoms with E-state index < -0.39 is 33.4 Å². The van der Waals surface area contributed by atoms with Crippen molar-refractivity contribution >= 4 is 44.8 Å². The maximum absolute atomic E-state index is 14.0. The number of nitrogens with one attached hydrogen (secondary N) is 1. The number of carbonyl (C=O) groups excluding carboxylic acids is 3. The van der Waals surface area contributed by atoms with Crippen molar-refractivity contribution in [3.8, 4) is 11.5 Å². The van der Waals surface area contributed by atoms with Gasteiger partial charge in [-0.15, -0.1) is 11.6 Å². The second-order valence-corrected chi connectivity index (χ2v) is 11.9. The molecule has 3 rings (SSSR count). The Balaban J connectivity index is 2.17. The molecule has 216 valence electrons. The summed E-state index contributed by atoms with van der Waals surface area (Å²) in [4.78, 5) is 41.5. The molecule has 0 radical (unpaired) electrons. The summed E-state index contributed by atoms with van der Waals surface area (Å²) >= 11 is 5.72. The zero-order valence-electron chi connectivity index (χ0n) is 23.2. The van der Waals surface area contributed by atoms with Crippen LogP contribution < -0.4 is 14.8 Å². The first kappa shape index (κ1) is 31.2. The van der Waals surface area contributed by atoms with Gasteiger partial charge in [-0.1, -0.05) is 31.2 Å². The number of rotatable bonds is 14. The molecule has 0 saturated carbocycles. The van der Waals surface area contributed by atoms with E-state index in [9.17, 15) is 22.8 Å². The van der Waals surface area contributed by atoms with Gasteiger partial charge < -0.3 is 14.8 Å². The van der Waals surface area contributed by atoms with E-state index >= 15 is 0 Å². The van der Waals surface area contributed by atoms with E-state index in [0.29, 0.717) is 48.0 Å². The van der Waals surface area contributed by atoms with Crippen molar-refractivity contribution in [1.29, 1.82) is 0 Å². The summed E-state index contributed by atoms with van der Waals surface area (Å²) in [5.41, 5.74) is 1.38. The molecule has 11 heteroatoms. The van der Waals surface area contributed by atoms with Crippen LogP contribution in [0.25, 0.3) is 0 Å². The van der Waals surface area contributed by atoms with Crippen molar-refractivity contribution in [2.45, 2.75) is 45.6 Å². The number of anilines is 1. The Morgan fingerprint density at radius 3 is 2.42 bits per heavy atom. The van der Waals surface area contributed by atoms with Gasteiger partial charge in [-0.25, -0.2) is 8.42 Å². The van der Waals surface area contributed by atoms with Crippen molar-refractivity contribution in [2.75, 3.05) is 36.9 Å². The van der Waals surface area contributed by atoms with Crippen LogP contribution in [0.4, 0.5) is 5.69 Å². The van der Waals surface area contributed by atoms with E-state index in [2.05, 4.69) is 5.32 Å². The molecule has 2 aromatic carbocycles. The highest BCUT2D eigenvalue weighted by Gasteiger charge is 2.44. The number of nitrogens with zero attached hydrogens (tertiary/aromatic N) is 1. The molecule has 1 aliphatic rings. The summed E-state index contributed by atoms with van der Waals surface area (Å²) in [6.07, 6.45) is 6.68. The first-order valence-electron chi connectivity index (χ1n) is 13.1. The standard InChI is InChI=1S/C29H35ClN2O7S/c1-5-7-8-10-19-12-14-21(31-25(33)11-9-16-30)27-26(19)28(34)32(29(27)35)22(18-40(4,36)37)20-13-15-23(38-3)24(17-20)39-6-2/h7-8,12-15,17,22H,5-6,9-11,16,18H2,1-4H3,(H,31,33)/b8-7+/t22-/m1/s1. The van der Waals surface area contributed by atoms with E-state index in [1.54, 1.807) is 37.3 Å². The maximum atomic E-state index is 14.0. The molecule has 0 aliphatic carbocycles. The van der Waals surface area contributed by atoms with Crippen LogP contribution in [0.15, 0.2) is 42.5 Å². The predicted molar refractivity (Wildman–Crippen MR) is 155 cm³/mol. The molecule has 1 heterocycles. The third-order valence-corrected chi connectivity index (χ3v) is 7.54. The van der Waals surface area contributed by atoms with Crippen LogP contribution in [0.3, 0.4) is 0 Å². The van der Waals surface area contributed by atoms with Gasteiger partial charge in [0.1, 0.15) is 9.84 Å². The topological polar surface area (TPSA) is 119 Å². The third-order valence-electron chi connectivity index (χ3n) is 6.35. The Hall–Kier alpha value is -3.37. The predicted octanol–water partition coefficient (Wildman–Crippen LogP) is 4.94. The minimum atomic E-state index is -3.66. The molecule has 0 spiro atoms. The van der Waals surface area contributed by atoms with Crippen molar-refractivity contribution in [2.24, 2.45) is 0 Å². The van der Waals surface area contributed by atoms with E-state index in [-0.39, 0.29) is 29.1 Å². The van der Waals surface area contributed by atoms with Gasteiger partial charge in [0.25, 0.3) is 11.8 Å². The maximum Gasteiger partial charge on any atom is 0.264 e. The Bertz CT molecular complexity index is 1410. The lowest BCUT2D eigenvalue weighted by Gasteiger charge is -2.27. The molecule has 1 N–H and O–H groups in total. The highest BCUT2D eigenvalue weighted by molar-refractivity contribution is 7.90. The monoisotopic (exact) mass is 590 g/mol. The number of sulfone groups is 1. The van der Waals surface area contributed by atoms with Gasteiger partial charge in [-0.2, -0.15) is 0 Å². The Labute approximate surface area is 240 Å². The molecule has 1 aliphatic heterocycles. The van der Waals surface area contributed by atoms with Gasteiger partial charge in [-0.05, 0) is 55.5 Å². The molecule has 0 saturated heterocycles. The SMILES string of the molecule is CC/C=C/Cc1ccc(NC(=O)CCCCl)c2c1C(=O)N([C@H](CS(C)(=O)=O)c1ccc(OC)c(OCC)c1)C2=O. The zero-order valence-corrected chi connectivity index (χ0v) is 24.7. The first-order chi connectivity index (χ1) is 19.1. The van der Waals surface area contributed by atoms with Crippen molar-refractivity contribution in [3.05, 3.63) is 64.7 Å². The van der Waals surface area contributed by atoms with Gasteiger partial charge in [0.2, 0.25) is 5.91 Å². The smallest absolute Gasteiger partial charge is 0.264 e. The van der Waals surface area contributed by atoms with Crippen LogP contribution in [0.5, 0.6) is 11.5 Å². The molecule has 1 atom stereocenters. The highest BCUT2D eigenvalue weighted by atomic mass is 35.5. The fourth-order valence-corrected chi connectivity index (χ4v) is 5.64. The van der Waals surface area contributed by atoms with Crippen LogP contribution in [0.1, 0.15) is 71.0 Å². The van der Waals surface area contributed by atoms with Crippen molar-refractivity contribution < 1.29 is 32.3 Å². The number of halogens is 1. The summed E-state index contributed by atoms with van der Waals surface area (Å²) in [6, 6.07) is 6.97. The number of benzene rings is 2. The lowest BCUT2D eigenvalue weighted by molar-refractivity contribution is -0.116. The minimum absolute atomic E-state index is 0.0451. The normalized spacial score (nSPS) is 14.0. The number of allylic oxidation sites excluding steroid dienone is 2. The van der Waals surface area contributed by atoms with E-state index in [1.165, 1.54) is 7.11 Å². The summed E-state index contributed by atoms with van der Waals surface area (Å²) in [6.45, 7) is 4.10. The number of fused-ring (bicyclic) bond motifs is 1. The molecule has 0 fully saturated rings. The number of hydrogen-bond donors (Lipinski definition) is 1. The number of hydrogen-bond acceptors (Lipinski definition) is 7.